The first-order chi connectivity index (χ1) is 6.60. The third-order valence-corrected chi connectivity index (χ3v) is 2.68. The summed E-state index contributed by atoms with van der Waals surface area (Å²) in [5.74, 6) is 0.304. The zero-order valence-corrected chi connectivity index (χ0v) is 9.85. The van der Waals surface area contributed by atoms with Gasteiger partial charge in [-0.15, -0.1) is 0 Å². The number of hydrogen-bond donors (Lipinski definition) is 1. The molecular formula is C9H9BrClNO2. The van der Waals surface area contributed by atoms with Crippen molar-refractivity contribution in [2.24, 2.45) is 5.73 Å². The molecule has 0 atom stereocenters. The molecule has 0 saturated heterocycles. The van der Waals surface area contributed by atoms with E-state index in [0.717, 1.165) is 0 Å². The molecule has 0 radical (unpaired) electrons. The summed E-state index contributed by atoms with van der Waals surface area (Å²) in [6.07, 6.45) is 0. The maximum Gasteiger partial charge on any atom is 0.177 e. The van der Waals surface area contributed by atoms with E-state index < -0.39 is 0 Å². The van der Waals surface area contributed by atoms with E-state index in [1.807, 2.05) is 0 Å². The molecule has 14 heavy (non-hydrogen) atoms. The molecule has 0 aliphatic rings. The van der Waals surface area contributed by atoms with Gasteiger partial charge in [-0.3, -0.25) is 4.79 Å². The summed E-state index contributed by atoms with van der Waals surface area (Å²) >= 11 is 9.09. The number of ketones is 1. The van der Waals surface area contributed by atoms with Crippen LogP contribution in [0.5, 0.6) is 5.75 Å². The summed E-state index contributed by atoms with van der Waals surface area (Å²) in [7, 11) is 1.49. The molecule has 0 saturated carbocycles. The standard InChI is InChI=1S/C9H9BrClNO2/c1-14-9-2-5(8(13)4-12)6(10)3-7(9)11/h2-3H,4,12H2,1H3. The molecule has 76 valence electrons. The Morgan fingerprint density at radius 3 is 2.79 bits per heavy atom. The number of carbonyl (C=O) groups excluding carboxylic acids is 1. The number of carbonyl (C=O) groups is 1. The van der Waals surface area contributed by atoms with Gasteiger partial charge < -0.3 is 10.5 Å². The zero-order chi connectivity index (χ0) is 10.7. The van der Waals surface area contributed by atoms with Crippen LogP contribution in [0, 0.1) is 0 Å². The van der Waals surface area contributed by atoms with Gasteiger partial charge in [0.25, 0.3) is 0 Å². The van der Waals surface area contributed by atoms with Gasteiger partial charge in [0.1, 0.15) is 5.75 Å². The quantitative estimate of drug-likeness (QED) is 0.863. The van der Waals surface area contributed by atoms with Gasteiger partial charge >= 0.3 is 0 Å². The highest BCUT2D eigenvalue weighted by atomic mass is 79.9. The minimum atomic E-state index is -0.160. The normalized spacial score (nSPS) is 10.0. The molecule has 0 aliphatic heterocycles. The Bertz CT molecular complexity index is 368. The average Bonchev–Trinajstić information content (AvgIpc) is 2.17. The van der Waals surface area contributed by atoms with Gasteiger partial charge in [0, 0.05) is 10.0 Å². The Balaban J connectivity index is 3.24. The van der Waals surface area contributed by atoms with Gasteiger partial charge in [-0.05, 0) is 28.1 Å². The Hall–Kier alpha value is -0.580. The molecule has 0 fully saturated rings. The average molecular weight is 279 g/mol. The van der Waals surface area contributed by atoms with Crippen LogP contribution in [0.4, 0.5) is 0 Å². The van der Waals surface area contributed by atoms with Crippen LogP contribution in [0.1, 0.15) is 10.4 Å². The number of methoxy groups -OCH3 is 1. The largest absolute Gasteiger partial charge is 0.495 e. The molecule has 1 aromatic carbocycles. The van der Waals surface area contributed by atoms with E-state index in [2.05, 4.69) is 15.9 Å². The third-order valence-electron chi connectivity index (χ3n) is 1.73. The lowest BCUT2D eigenvalue weighted by atomic mass is 10.1. The molecule has 0 unspecified atom stereocenters. The van der Waals surface area contributed by atoms with E-state index in [1.165, 1.54) is 7.11 Å². The van der Waals surface area contributed by atoms with Gasteiger partial charge in [0.15, 0.2) is 5.78 Å². The Morgan fingerprint density at radius 2 is 2.29 bits per heavy atom. The summed E-state index contributed by atoms with van der Waals surface area (Å²) in [6.45, 7) is -0.0383. The summed E-state index contributed by atoms with van der Waals surface area (Å²) in [6, 6.07) is 3.19. The fourth-order valence-electron chi connectivity index (χ4n) is 1.01. The molecule has 0 spiro atoms. The van der Waals surface area contributed by atoms with Crippen molar-refractivity contribution in [2.75, 3.05) is 13.7 Å². The monoisotopic (exact) mass is 277 g/mol. The maximum atomic E-state index is 11.4. The first-order valence-electron chi connectivity index (χ1n) is 3.86. The van der Waals surface area contributed by atoms with Gasteiger partial charge in [-0.2, -0.15) is 0 Å². The van der Waals surface area contributed by atoms with E-state index >= 15 is 0 Å². The lowest BCUT2D eigenvalue weighted by Gasteiger charge is -2.07. The maximum absolute atomic E-state index is 11.4. The predicted molar refractivity (Wildman–Crippen MR) is 59.1 cm³/mol. The fourth-order valence-corrected chi connectivity index (χ4v) is 1.95. The molecule has 2 N–H and O–H groups in total. The first kappa shape index (κ1) is 11.5. The second-order valence-electron chi connectivity index (χ2n) is 2.59. The van der Waals surface area contributed by atoms with Crippen LogP contribution in [-0.2, 0) is 0 Å². The summed E-state index contributed by atoms with van der Waals surface area (Å²) in [5, 5.41) is 0.452. The molecular weight excluding hydrogens is 269 g/mol. The van der Waals surface area contributed by atoms with Crippen molar-refractivity contribution < 1.29 is 9.53 Å². The number of rotatable bonds is 3. The minimum absolute atomic E-state index is 0.0383. The van der Waals surface area contributed by atoms with Gasteiger partial charge in [-0.1, -0.05) is 11.6 Å². The molecule has 0 heterocycles. The number of hydrogen-bond acceptors (Lipinski definition) is 3. The summed E-state index contributed by atoms with van der Waals surface area (Å²) in [4.78, 5) is 11.4. The molecule has 0 aromatic heterocycles. The Morgan fingerprint density at radius 1 is 1.64 bits per heavy atom. The highest BCUT2D eigenvalue weighted by molar-refractivity contribution is 9.10. The number of benzene rings is 1. The zero-order valence-electron chi connectivity index (χ0n) is 7.51. The lowest BCUT2D eigenvalue weighted by molar-refractivity contribution is 0.100. The van der Waals surface area contributed by atoms with Crippen LogP contribution in [0.15, 0.2) is 16.6 Å². The molecule has 5 heteroatoms. The van der Waals surface area contributed by atoms with Crippen molar-refractivity contribution in [3.05, 3.63) is 27.2 Å². The summed E-state index contributed by atoms with van der Waals surface area (Å²) in [5.41, 5.74) is 5.74. The van der Waals surface area contributed by atoms with Crippen LogP contribution in [0.25, 0.3) is 0 Å². The number of nitrogens with two attached hydrogens (primary N) is 1. The van der Waals surface area contributed by atoms with Gasteiger partial charge in [-0.25, -0.2) is 0 Å². The number of Topliss-reactive ketones (excluding diaryl/α,β-unsaturated/α-hetero) is 1. The second kappa shape index (κ2) is 4.77. The smallest absolute Gasteiger partial charge is 0.177 e. The van der Waals surface area contributed by atoms with Crippen molar-refractivity contribution in [1.82, 2.24) is 0 Å². The molecule has 3 nitrogen and oxygen atoms in total. The predicted octanol–water partition coefficient (Wildman–Crippen LogP) is 2.25. The van der Waals surface area contributed by atoms with Crippen LogP contribution in [0.2, 0.25) is 5.02 Å². The highest BCUT2D eigenvalue weighted by Gasteiger charge is 2.12. The Kier molecular flexibility index (Phi) is 3.92. The summed E-state index contributed by atoms with van der Waals surface area (Å²) < 4.78 is 5.61. The fraction of sp³-hybridized carbons (Fsp3) is 0.222. The van der Waals surface area contributed by atoms with Crippen molar-refractivity contribution in [3.8, 4) is 5.75 Å². The molecule has 1 rings (SSSR count). The van der Waals surface area contributed by atoms with E-state index in [9.17, 15) is 4.79 Å². The molecule has 0 aliphatic carbocycles. The second-order valence-corrected chi connectivity index (χ2v) is 3.86. The van der Waals surface area contributed by atoms with E-state index in [4.69, 9.17) is 22.1 Å². The Labute approximate surface area is 95.3 Å². The third kappa shape index (κ3) is 2.26. The molecule has 1 aromatic rings. The van der Waals surface area contributed by atoms with E-state index in [-0.39, 0.29) is 12.3 Å². The van der Waals surface area contributed by atoms with Crippen LogP contribution < -0.4 is 10.5 Å². The lowest BCUT2D eigenvalue weighted by Crippen LogP contribution is -2.14. The number of ether oxygens (including phenoxy) is 1. The van der Waals surface area contributed by atoms with Gasteiger partial charge in [0.2, 0.25) is 0 Å². The highest BCUT2D eigenvalue weighted by Crippen LogP contribution is 2.31. The molecule has 0 amide bonds. The van der Waals surface area contributed by atoms with Crippen molar-refractivity contribution >= 4 is 33.3 Å². The van der Waals surface area contributed by atoms with Crippen LogP contribution in [-0.4, -0.2) is 19.4 Å². The van der Waals surface area contributed by atoms with E-state index in [0.29, 0.717) is 20.8 Å². The van der Waals surface area contributed by atoms with Crippen LogP contribution >= 0.6 is 27.5 Å². The molecule has 0 bridgehead atoms. The van der Waals surface area contributed by atoms with E-state index in [1.54, 1.807) is 12.1 Å². The van der Waals surface area contributed by atoms with Crippen molar-refractivity contribution in [2.45, 2.75) is 0 Å². The SMILES string of the molecule is COc1cc(C(=O)CN)c(Br)cc1Cl. The topological polar surface area (TPSA) is 52.3 Å². The minimum Gasteiger partial charge on any atom is -0.495 e. The van der Waals surface area contributed by atoms with Crippen molar-refractivity contribution in [1.29, 1.82) is 0 Å². The van der Waals surface area contributed by atoms with Crippen molar-refractivity contribution in [3.63, 3.8) is 0 Å². The number of halogens is 2. The van der Waals surface area contributed by atoms with Crippen LogP contribution in [0.3, 0.4) is 0 Å². The first-order valence-corrected chi connectivity index (χ1v) is 5.03. The van der Waals surface area contributed by atoms with Gasteiger partial charge in [0.05, 0.1) is 18.7 Å².